The molecule has 0 radical (unpaired) electrons. The molecule has 0 amide bonds. The maximum absolute atomic E-state index is 11.3. The minimum absolute atomic E-state index is 0.170. The minimum atomic E-state index is -1.02. The molecule has 0 saturated carbocycles. The molecule has 0 unspecified atom stereocenters. The standard InChI is InChI=1S/C10H10BrNO4S2/c1-16-10(15)6(17-2)4-12-5-3-7(11)18-8(5)9(13)14/h3-4,12H,1-2H3,(H,13,14)/b6-4-. The smallest absolute Gasteiger partial charge is 0.348 e. The molecule has 5 nitrogen and oxygen atoms in total. The quantitative estimate of drug-likeness (QED) is 0.627. The molecule has 1 aromatic heterocycles. The zero-order valence-corrected chi connectivity index (χ0v) is 12.7. The lowest BCUT2D eigenvalue weighted by Crippen LogP contribution is -2.04. The van der Waals surface area contributed by atoms with Crippen molar-refractivity contribution in [3.05, 3.63) is 25.8 Å². The van der Waals surface area contributed by atoms with E-state index >= 15 is 0 Å². The Balaban J connectivity index is 2.94. The molecular weight excluding hydrogens is 342 g/mol. The number of hydrogen-bond donors (Lipinski definition) is 2. The summed E-state index contributed by atoms with van der Waals surface area (Å²) in [6, 6.07) is 1.64. The number of thiophene rings is 1. The third kappa shape index (κ3) is 3.76. The van der Waals surface area contributed by atoms with Gasteiger partial charge in [0.2, 0.25) is 0 Å². The Hall–Kier alpha value is -0.990. The number of hydrogen-bond acceptors (Lipinski definition) is 6. The predicted molar refractivity (Wildman–Crippen MR) is 76.2 cm³/mol. The van der Waals surface area contributed by atoms with E-state index in [2.05, 4.69) is 26.0 Å². The van der Waals surface area contributed by atoms with Crippen LogP contribution in [0, 0.1) is 0 Å². The third-order valence-electron chi connectivity index (χ3n) is 1.86. The summed E-state index contributed by atoms with van der Waals surface area (Å²) in [6.07, 6.45) is 3.16. The number of anilines is 1. The summed E-state index contributed by atoms with van der Waals surface area (Å²) in [6.45, 7) is 0. The van der Waals surface area contributed by atoms with Crippen LogP contribution in [0.25, 0.3) is 0 Å². The van der Waals surface area contributed by atoms with E-state index in [1.807, 2.05) is 0 Å². The van der Waals surface area contributed by atoms with E-state index in [9.17, 15) is 9.59 Å². The molecular formula is C10H10BrNO4S2. The van der Waals surface area contributed by atoms with Gasteiger partial charge in [0, 0.05) is 6.20 Å². The normalized spacial score (nSPS) is 11.2. The lowest BCUT2D eigenvalue weighted by Gasteiger charge is -2.03. The average molecular weight is 352 g/mol. The number of rotatable bonds is 5. The van der Waals surface area contributed by atoms with Crippen LogP contribution in [-0.2, 0) is 9.53 Å². The second kappa shape index (κ2) is 6.81. The van der Waals surface area contributed by atoms with Crippen molar-refractivity contribution in [2.45, 2.75) is 0 Å². The van der Waals surface area contributed by atoms with Gasteiger partial charge in [0.05, 0.1) is 16.6 Å². The van der Waals surface area contributed by atoms with Crippen LogP contribution in [0.15, 0.2) is 21.0 Å². The molecule has 8 heteroatoms. The van der Waals surface area contributed by atoms with Gasteiger partial charge in [0.1, 0.15) is 9.78 Å². The summed E-state index contributed by atoms with van der Waals surface area (Å²) in [5.41, 5.74) is 0.426. The van der Waals surface area contributed by atoms with E-state index in [0.717, 1.165) is 11.3 Å². The van der Waals surface area contributed by atoms with Gasteiger partial charge in [-0.3, -0.25) is 0 Å². The number of nitrogens with one attached hydrogen (secondary N) is 1. The van der Waals surface area contributed by atoms with Crippen LogP contribution in [0.1, 0.15) is 9.67 Å². The predicted octanol–water partition coefficient (Wildman–Crippen LogP) is 3.00. The van der Waals surface area contributed by atoms with Crippen LogP contribution in [-0.4, -0.2) is 30.4 Å². The first-order valence-electron chi connectivity index (χ1n) is 4.61. The molecule has 0 spiro atoms. The molecule has 2 N–H and O–H groups in total. The van der Waals surface area contributed by atoms with Crippen molar-refractivity contribution >= 4 is 56.7 Å². The Morgan fingerprint density at radius 1 is 1.61 bits per heavy atom. The minimum Gasteiger partial charge on any atom is -0.477 e. The van der Waals surface area contributed by atoms with Gasteiger partial charge in [-0.05, 0) is 28.3 Å². The zero-order chi connectivity index (χ0) is 13.7. The van der Waals surface area contributed by atoms with Crippen LogP contribution < -0.4 is 5.32 Å². The van der Waals surface area contributed by atoms with E-state index in [-0.39, 0.29) is 4.88 Å². The van der Waals surface area contributed by atoms with Gasteiger partial charge in [-0.15, -0.1) is 23.1 Å². The number of carbonyl (C=O) groups is 2. The van der Waals surface area contributed by atoms with E-state index in [4.69, 9.17) is 5.11 Å². The van der Waals surface area contributed by atoms with E-state index in [1.54, 1.807) is 12.3 Å². The highest BCUT2D eigenvalue weighted by molar-refractivity contribution is 9.11. The Kier molecular flexibility index (Phi) is 5.70. The van der Waals surface area contributed by atoms with Gasteiger partial charge in [-0.2, -0.15) is 0 Å². The Morgan fingerprint density at radius 3 is 2.78 bits per heavy atom. The number of esters is 1. The summed E-state index contributed by atoms with van der Waals surface area (Å²) < 4.78 is 5.28. The van der Waals surface area contributed by atoms with Gasteiger partial charge >= 0.3 is 11.9 Å². The number of ether oxygens (including phenoxy) is 1. The number of carboxylic acid groups (broad SMARTS) is 1. The molecule has 0 bridgehead atoms. The molecule has 0 atom stereocenters. The van der Waals surface area contributed by atoms with Crippen molar-refractivity contribution in [3.8, 4) is 0 Å². The van der Waals surface area contributed by atoms with Gasteiger partial charge in [0.15, 0.2) is 0 Å². The summed E-state index contributed by atoms with van der Waals surface area (Å²) in [5, 5.41) is 11.8. The number of carboxylic acids is 1. The summed E-state index contributed by atoms with van der Waals surface area (Å²) in [5.74, 6) is -1.49. The Morgan fingerprint density at radius 2 is 2.28 bits per heavy atom. The van der Waals surface area contributed by atoms with E-state index < -0.39 is 11.9 Å². The van der Waals surface area contributed by atoms with Crippen molar-refractivity contribution in [3.63, 3.8) is 0 Å². The molecule has 0 fully saturated rings. The highest BCUT2D eigenvalue weighted by Gasteiger charge is 2.14. The maximum atomic E-state index is 11.3. The van der Waals surface area contributed by atoms with Crippen LogP contribution in [0.3, 0.4) is 0 Å². The Bertz CT molecular complexity index is 498. The number of halogens is 1. The van der Waals surface area contributed by atoms with Crippen LogP contribution in [0.4, 0.5) is 5.69 Å². The first-order chi connectivity index (χ1) is 8.49. The molecule has 1 rings (SSSR count). The fourth-order valence-electron chi connectivity index (χ4n) is 1.07. The van der Waals surface area contributed by atoms with Gasteiger partial charge in [-0.25, -0.2) is 9.59 Å². The molecule has 98 valence electrons. The van der Waals surface area contributed by atoms with Crippen LogP contribution in [0.2, 0.25) is 0 Å². The van der Waals surface area contributed by atoms with Gasteiger partial charge in [0.25, 0.3) is 0 Å². The summed E-state index contributed by atoms with van der Waals surface area (Å²) in [7, 11) is 1.29. The van der Waals surface area contributed by atoms with E-state index in [1.165, 1.54) is 25.1 Å². The molecule has 18 heavy (non-hydrogen) atoms. The third-order valence-corrected chi connectivity index (χ3v) is 4.21. The molecule has 1 heterocycles. The highest BCUT2D eigenvalue weighted by atomic mass is 79.9. The zero-order valence-electron chi connectivity index (χ0n) is 9.52. The number of methoxy groups -OCH3 is 1. The second-order valence-corrected chi connectivity index (χ2v) is 6.23. The Labute approximate surface area is 120 Å². The largest absolute Gasteiger partial charge is 0.477 e. The molecule has 0 aliphatic rings. The lowest BCUT2D eigenvalue weighted by molar-refractivity contribution is -0.135. The number of carbonyl (C=O) groups excluding carboxylic acids is 1. The molecule has 0 saturated heterocycles. The lowest BCUT2D eigenvalue weighted by atomic mass is 10.4. The van der Waals surface area contributed by atoms with Crippen molar-refractivity contribution in [2.75, 3.05) is 18.7 Å². The topological polar surface area (TPSA) is 75.6 Å². The second-order valence-electron chi connectivity index (χ2n) is 2.95. The van der Waals surface area contributed by atoms with Gasteiger partial charge in [-0.1, -0.05) is 0 Å². The first kappa shape index (κ1) is 15.1. The summed E-state index contributed by atoms with van der Waals surface area (Å²) >= 11 is 5.53. The highest BCUT2D eigenvalue weighted by Crippen LogP contribution is 2.31. The van der Waals surface area contributed by atoms with Crippen molar-refractivity contribution in [1.29, 1.82) is 0 Å². The van der Waals surface area contributed by atoms with Crippen molar-refractivity contribution in [2.24, 2.45) is 0 Å². The number of thioether (sulfide) groups is 1. The molecule has 0 aliphatic carbocycles. The fraction of sp³-hybridized carbons (Fsp3) is 0.200. The fourth-order valence-corrected chi connectivity index (χ4v) is 2.90. The molecule has 0 aromatic carbocycles. The first-order valence-corrected chi connectivity index (χ1v) is 7.44. The maximum Gasteiger partial charge on any atom is 0.348 e. The van der Waals surface area contributed by atoms with Gasteiger partial charge < -0.3 is 15.2 Å². The molecule has 1 aromatic rings. The van der Waals surface area contributed by atoms with Crippen LogP contribution >= 0.6 is 39.0 Å². The number of aromatic carboxylic acids is 1. The molecule has 0 aliphatic heterocycles. The SMILES string of the molecule is COC(=O)/C(=C/Nc1cc(Br)sc1C(=O)O)SC. The summed E-state index contributed by atoms with van der Waals surface area (Å²) in [4.78, 5) is 22.8. The van der Waals surface area contributed by atoms with Crippen molar-refractivity contribution < 1.29 is 19.4 Å². The van der Waals surface area contributed by atoms with E-state index in [0.29, 0.717) is 14.4 Å². The average Bonchev–Trinajstić information content (AvgIpc) is 2.71. The van der Waals surface area contributed by atoms with Crippen LogP contribution in [0.5, 0.6) is 0 Å². The monoisotopic (exact) mass is 351 g/mol. The van der Waals surface area contributed by atoms with Crippen molar-refractivity contribution in [1.82, 2.24) is 0 Å².